The lowest BCUT2D eigenvalue weighted by atomic mass is 9.59. The fourth-order valence-electron chi connectivity index (χ4n) is 7.62. The average Bonchev–Trinajstić information content (AvgIpc) is 3.38. The van der Waals surface area contributed by atoms with Crippen molar-refractivity contribution in [3.63, 3.8) is 0 Å². The van der Waals surface area contributed by atoms with Gasteiger partial charge >= 0.3 is 11.4 Å². The van der Waals surface area contributed by atoms with Crippen LogP contribution in [0.4, 0.5) is 0 Å². The van der Waals surface area contributed by atoms with Crippen molar-refractivity contribution in [1.82, 2.24) is 23.5 Å². The van der Waals surface area contributed by atoms with Gasteiger partial charge in [0.25, 0.3) is 5.56 Å². The Kier molecular flexibility index (Phi) is 8.68. The zero-order chi connectivity index (χ0) is 37.6. The largest absolute Gasteiger partial charge is 0.508 e. The molecule has 2 aromatic heterocycles. The monoisotopic (exact) mass is 791 g/mol. The van der Waals surface area contributed by atoms with Gasteiger partial charge < -0.3 is 23.9 Å². The number of Topliss-reactive ketones (excluding diaryl/α,β-unsaturated/α-hetero) is 2. The van der Waals surface area contributed by atoms with Crippen LogP contribution in [0.25, 0.3) is 11.0 Å². The van der Waals surface area contributed by atoms with Crippen LogP contribution in [0.5, 0.6) is 23.0 Å². The van der Waals surface area contributed by atoms with Crippen molar-refractivity contribution >= 4 is 69.0 Å². The molecule has 0 bridgehead atoms. The molecule has 0 spiro atoms. The SMILES string of the molecule is COc1cc2nc(CCn3c(=O)n4n(c3=O)C3CC5(Cl)C(=O)C(Cl)=C(Cl)C(=O)C5(Cl)C(c5c(O)cccc5OC)C3=CC4)c(=O)n(C)c2cc1OC. The summed E-state index contributed by atoms with van der Waals surface area (Å²) in [5, 5.41) is 9.95. The van der Waals surface area contributed by atoms with Gasteiger partial charge in [0, 0.05) is 50.0 Å². The number of aromatic hydroxyl groups is 1. The molecule has 0 saturated heterocycles. The highest BCUT2D eigenvalue weighted by atomic mass is 35.5. The zero-order valence-electron chi connectivity index (χ0n) is 27.9. The molecule has 2 aromatic carbocycles. The molecule has 0 amide bonds. The van der Waals surface area contributed by atoms with Crippen LogP contribution < -0.4 is 31.1 Å². The molecule has 3 heterocycles. The van der Waals surface area contributed by atoms with E-state index in [9.17, 15) is 29.1 Å². The van der Waals surface area contributed by atoms with Crippen molar-refractivity contribution in [3.8, 4) is 23.0 Å². The van der Waals surface area contributed by atoms with E-state index in [4.69, 9.17) is 60.6 Å². The number of aromatic nitrogens is 5. The number of methoxy groups -OCH3 is 3. The summed E-state index contributed by atoms with van der Waals surface area (Å²) >= 11 is 27.0. The van der Waals surface area contributed by atoms with E-state index in [2.05, 4.69) is 4.98 Å². The van der Waals surface area contributed by atoms with Gasteiger partial charge in [-0.25, -0.2) is 28.5 Å². The molecule has 4 aromatic rings. The highest BCUT2D eigenvalue weighted by molar-refractivity contribution is 6.66. The Labute approximate surface area is 313 Å². The second-order valence-corrected chi connectivity index (χ2v) is 14.6. The number of nitrogens with zero attached hydrogens (tertiary/aromatic N) is 5. The minimum Gasteiger partial charge on any atom is -0.508 e. The van der Waals surface area contributed by atoms with Crippen LogP contribution >= 0.6 is 46.4 Å². The number of alkyl halides is 2. The van der Waals surface area contributed by atoms with Gasteiger partial charge in [-0.15, -0.1) is 23.2 Å². The molecule has 52 heavy (non-hydrogen) atoms. The Bertz CT molecular complexity index is 2500. The van der Waals surface area contributed by atoms with Gasteiger partial charge in [0.1, 0.15) is 37.0 Å². The number of hydrogen-bond donors (Lipinski definition) is 1. The summed E-state index contributed by atoms with van der Waals surface area (Å²) in [4.78, 5) is 69.3. The lowest BCUT2D eigenvalue weighted by Crippen LogP contribution is -2.67. The summed E-state index contributed by atoms with van der Waals surface area (Å²) < 4.78 is 20.9. The average molecular weight is 793 g/mol. The third kappa shape index (κ3) is 4.77. The Morgan fingerprint density at radius 3 is 2.25 bits per heavy atom. The Hall–Kier alpha value is -4.50. The number of hydrogen-bond acceptors (Lipinski definition) is 10. The summed E-state index contributed by atoms with van der Waals surface area (Å²) in [6.45, 7) is -0.400. The molecule has 1 fully saturated rings. The van der Waals surface area contributed by atoms with E-state index in [1.54, 1.807) is 25.3 Å². The first-order valence-corrected chi connectivity index (χ1v) is 17.3. The van der Waals surface area contributed by atoms with Gasteiger partial charge in [-0.1, -0.05) is 35.3 Å². The third-order valence-electron chi connectivity index (χ3n) is 10.2. The molecule has 0 radical (unpaired) electrons. The number of allylic oxidation sites excluding steroid dienone is 4. The van der Waals surface area contributed by atoms with E-state index in [1.165, 1.54) is 48.8 Å². The quantitative estimate of drug-likeness (QED) is 0.216. The van der Waals surface area contributed by atoms with Crippen molar-refractivity contribution in [2.45, 2.75) is 47.6 Å². The normalized spacial score (nSPS) is 24.0. The number of aryl methyl sites for hydroxylation is 2. The number of ether oxygens (including phenoxy) is 3. The standard InChI is InChI=1S/C34H29Cl4N5O9/c1-40-18-13-23(52-4)22(51-3)12-17(18)39-16(30(40)47)9-10-41-31(48)42-11-8-15-19(43(42)32(41)49)14-33(37)28(45)26(35)27(36)29(46)34(33,38)25(15)24-20(44)6-5-7-21(24)50-2/h5-8,12-13,19,25,44H,9-11,14H2,1-4H3. The van der Waals surface area contributed by atoms with Gasteiger partial charge in [-0.05, 0) is 17.7 Å². The molecule has 1 saturated carbocycles. The van der Waals surface area contributed by atoms with E-state index in [-0.39, 0.29) is 42.3 Å². The first kappa shape index (κ1) is 35.9. The number of phenolic OH excluding ortho intramolecular Hbond substituents is 1. The number of fused-ring (bicyclic) bond motifs is 5. The summed E-state index contributed by atoms with van der Waals surface area (Å²) in [5.74, 6) is -2.75. The first-order valence-electron chi connectivity index (χ1n) is 15.8. The summed E-state index contributed by atoms with van der Waals surface area (Å²) in [7, 11) is 5.85. The molecule has 14 nitrogen and oxygen atoms in total. The minimum atomic E-state index is -2.35. The molecule has 4 unspecified atom stereocenters. The second kappa shape index (κ2) is 12.6. The van der Waals surface area contributed by atoms with Crippen molar-refractivity contribution in [3.05, 3.63) is 94.6 Å². The Morgan fingerprint density at radius 2 is 1.58 bits per heavy atom. The lowest BCUT2D eigenvalue weighted by molar-refractivity contribution is -0.128. The highest BCUT2D eigenvalue weighted by Gasteiger charge is 2.72. The number of phenols is 1. The lowest BCUT2D eigenvalue weighted by Gasteiger charge is -2.54. The van der Waals surface area contributed by atoms with Gasteiger partial charge in [0.15, 0.2) is 23.1 Å². The van der Waals surface area contributed by atoms with Gasteiger partial charge in [-0.3, -0.25) is 14.4 Å². The number of benzene rings is 2. The van der Waals surface area contributed by atoms with Crippen LogP contribution in [0.3, 0.4) is 0 Å². The van der Waals surface area contributed by atoms with E-state index >= 15 is 0 Å². The number of carbonyl (C=O) groups is 2. The summed E-state index contributed by atoms with van der Waals surface area (Å²) in [6.07, 6.45) is 1.04. The van der Waals surface area contributed by atoms with Crippen molar-refractivity contribution in [2.75, 3.05) is 21.3 Å². The van der Waals surface area contributed by atoms with Crippen molar-refractivity contribution in [2.24, 2.45) is 7.05 Å². The number of ketones is 2. The molecule has 272 valence electrons. The van der Waals surface area contributed by atoms with Gasteiger partial charge in [0.05, 0.1) is 44.9 Å². The molecule has 18 heteroatoms. The van der Waals surface area contributed by atoms with Crippen LogP contribution in [-0.2, 0) is 36.1 Å². The van der Waals surface area contributed by atoms with Crippen LogP contribution in [0.1, 0.15) is 29.6 Å². The predicted octanol–water partition coefficient (Wildman–Crippen LogP) is 3.50. The molecule has 4 atom stereocenters. The van der Waals surface area contributed by atoms with Gasteiger partial charge in [-0.2, -0.15) is 0 Å². The predicted molar refractivity (Wildman–Crippen MR) is 192 cm³/mol. The van der Waals surface area contributed by atoms with E-state index < -0.39 is 66.7 Å². The topological polar surface area (TPSA) is 166 Å². The fourth-order valence-corrected chi connectivity index (χ4v) is 9.12. The maximum atomic E-state index is 14.3. The van der Waals surface area contributed by atoms with E-state index in [1.807, 2.05) is 0 Å². The van der Waals surface area contributed by atoms with E-state index in [0.717, 1.165) is 9.25 Å². The second-order valence-electron chi connectivity index (χ2n) is 12.6. The Morgan fingerprint density at radius 1 is 0.923 bits per heavy atom. The van der Waals surface area contributed by atoms with Crippen molar-refractivity contribution < 1.29 is 28.9 Å². The van der Waals surface area contributed by atoms with Crippen LogP contribution in [-0.4, -0.2) is 71.2 Å². The smallest absolute Gasteiger partial charge is 0.347 e. The number of rotatable bonds is 7. The van der Waals surface area contributed by atoms with Gasteiger partial charge in [0.2, 0.25) is 0 Å². The highest BCUT2D eigenvalue weighted by Crippen LogP contribution is 2.65. The van der Waals surface area contributed by atoms with Crippen LogP contribution in [0, 0.1) is 0 Å². The number of halogens is 4. The maximum absolute atomic E-state index is 14.3. The first-order chi connectivity index (χ1) is 24.7. The molecular weight excluding hydrogens is 764 g/mol. The molecule has 1 aliphatic heterocycles. The van der Waals surface area contributed by atoms with Crippen LogP contribution in [0.2, 0.25) is 0 Å². The molecule has 2 aliphatic carbocycles. The summed E-state index contributed by atoms with van der Waals surface area (Å²) in [5.41, 5.74) is -0.631. The molecular formula is C34H29Cl4N5O9. The van der Waals surface area contributed by atoms with Crippen molar-refractivity contribution in [1.29, 1.82) is 0 Å². The molecule has 7 rings (SSSR count). The fraction of sp³-hybridized carbons (Fsp3) is 0.353. The zero-order valence-corrected chi connectivity index (χ0v) is 30.9. The minimum absolute atomic E-state index is 0.0142. The van der Waals surface area contributed by atoms with Crippen LogP contribution in [0.15, 0.2) is 66.4 Å². The third-order valence-corrected chi connectivity index (χ3v) is 12.4. The maximum Gasteiger partial charge on any atom is 0.347 e. The number of carbonyl (C=O) groups excluding carboxylic acids is 2. The summed E-state index contributed by atoms with van der Waals surface area (Å²) in [6, 6.07) is 6.48. The molecule has 1 N–H and O–H groups in total. The molecule has 3 aliphatic rings. The van der Waals surface area contributed by atoms with E-state index in [0.29, 0.717) is 28.1 Å². The Balaban J connectivity index is 1.35.